The molecule has 0 aliphatic carbocycles. The smallest absolute Gasteiger partial charge is 0.326 e. The van der Waals surface area contributed by atoms with E-state index in [9.17, 15) is 87.5 Å². The van der Waals surface area contributed by atoms with Gasteiger partial charge in [0.2, 0.25) is 82.7 Å². The average molecular weight is 1750 g/mol. The number of aromatic amines is 3. The van der Waals surface area contributed by atoms with Crippen molar-refractivity contribution in [2.24, 2.45) is 35.0 Å². The predicted octanol–water partition coefficient (Wildman–Crippen LogP) is -0.907. The van der Waals surface area contributed by atoms with Gasteiger partial charge in [-0.25, -0.2) is 9.78 Å². The molecule has 14 amide bonds. The number of likely N-dealkylation sites (tertiary alicyclic amines) is 2. The van der Waals surface area contributed by atoms with Gasteiger partial charge >= 0.3 is 11.9 Å². The van der Waals surface area contributed by atoms with E-state index in [0.717, 1.165) is 4.90 Å². The number of aromatic hydroxyl groups is 1. The number of hydrogen-bond acceptors (Lipinski definition) is 21. The Balaban J connectivity index is 0.979. The number of amides is 14. The summed E-state index contributed by atoms with van der Waals surface area (Å²) in [7, 11) is 0. The van der Waals surface area contributed by atoms with Crippen molar-refractivity contribution in [2.75, 3.05) is 19.6 Å². The SMILES string of the molecule is CC(C)C[C@H](NC(=O)[C@H](CCCCN)NC(=O)[C@@H](NC(=O)[C@H](CC(C)C)NC(=O)[C@@H]1CCCN1C(=O)[C@H](CC(=O)O)NC(=O)[C@H](Cc1ccc(O)cc1)NC(=O)[C@H](Cc1c[nH]c2ccccc12)NC(=O)[C@H](CC(N)=O)NC(=O)[C@H](C)N)[C@@H](C)O)C(=O)N[C@@H](Cc1c[nH]c2ccccc12)C(=O)N[C@@H](CC(C)C)C(=O)N1CCC[C@H]1C(=O)N[C@@H](Cc1cnc[nH]1)C(=O)O. The molecule has 24 N–H and O–H groups in total. The summed E-state index contributed by atoms with van der Waals surface area (Å²) in [6.07, 6.45) is 2.71. The number of H-pyrrole nitrogens is 3. The molecule has 5 heterocycles. The lowest BCUT2D eigenvalue weighted by Gasteiger charge is -2.31. The van der Waals surface area contributed by atoms with Crippen molar-refractivity contribution in [1.29, 1.82) is 0 Å². The second kappa shape index (κ2) is 46.8. The summed E-state index contributed by atoms with van der Waals surface area (Å²) in [5.41, 5.74) is 20.3. The van der Waals surface area contributed by atoms with Crippen LogP contribution in [0.15, 0.2) is 97.7 Å². The van der Waals surface area contributed by atoms with Crippen molar-refractivity contribution in [2.45, 2.75) is 249 Å². The molecule has 0 spiro atoms. The van der Waals surface area contributed by atoms with E-state index in [4.69, 9.17) is 17.2 Å². The van der Waals surface area contributed by atoms with Crippen LogP contribution >= 0.6 is 0 Å². The molecule has 6 aromatic rings. The summed E-state index contributed by atoms with van der Waals surface area (Å²) in [5, 5.41) is 72.1. The number of aliphatic carboxylic acids is 2. The van der Waals surface area contributed by atoms with Crippen molar-refractivity contribution in [3.63, 3.8) is 0 Å². The first kappa shape index (κ1) is 98.6. The summed E-state index contributed by atoms with van der Waals surface area (Å²) >= 11 is 0. The number of aromatic nitrogens is 4. The van der Waals surface area contributed by atoms with Gasteiger partial charge in [0.25, 0.3) is 0 Å². The van der Waals surface area contributed by atoms with Crippen LogP contribution in [0, 0.1) is 17.8 Å². The number of fused-ring (bicyclic) bond motifs is 2. The van der Waals surface area contributed by atoms with Gasteiger partial charge in [0.15, 0.2) is 0 Å². The van der Waals surface area contributed by atoms with Gasteiger partial charge in [-0.2, -0.15) is 0 Å². The molecular formula is C86H120N20O20. The topological polar surface area (TPSA) is 631 Å². The van der Waals surface area contributed by atoms with E-state index in [0.29, 0.717) is 57.0 Å². The highest BCUT2D eigenvalue weighted by atomic mass is 16.4. The normalized spacial score (nSPS) is 17.0. The first-order chi connectivity index (χ1) is 59.8. The molecule has 0 unspecified atom stereocenters. The van der Waals surface area contributed by atoms with E-state index in [1.165, 1.54) is 55.5 Å². The van der Waals surface area contributed by atoms with Gasteiger partial charge in [0.05, 0.1) is 31.3 Å². The average Bonchev–Trinajstić information content (AvgIpc) is 1.61. The molecule has 2 saturated heterocycles. The maximum Gasteiger partial charge on any atom is 0.326 e. The molecule has 15 atom stereocenters. The number of carbonyl (C=O) groups excluding carboxylic acids is 14. The van der Waals surface area contributed by atoms with E-state index in [1.54, 1.807) is 76.5 Å². The Bertz CT molecular complexity index is 4820. The molecule has 3 aromatic carbocycles. The standard InChI is InChI=1S/C86H120N20O20/c1-44(2)31-59(75(114)98-63(36-51-41-92-57-20-12-10-18-55(51)57)78(117)101-65(33-46(5)6)84(123)105-29-16-23-69(105)82(121)103-67(86(125)126)37-52-42-90-43-93-52)96-74(113)58(21-13-14-28-87)94-83(122)72(48(8)107)104-80(119)60(32-45(3)4)100-81(120)68-22-15-30-106(68)85(124)66(39-71(110)111)102-76(115)61(34-49-24-26-53(108)27-25-49)97-77(116)62(35-50-40-91-56-19-11-9-17-54(50)56)99-79(118)64(38-70(89)109)95-73(112)47(7)88/h9-12,17-20,24-27,40-48,58-69,72,91-92,107-108H,13-16,21-23,28-39,87-88H2,1-8H3,(H2,89,109)(H,90,93)(H,94,122)(H,95,112)(H,96,113)(H,97,116)(H,98,114)(H,99,118)(H,100,120)(H,101,117)(H,102,115)(H,103,121)(H,104,119)(H,110,111)(H,125,126)/t47-,48+,58-,59-,60-,61-,62-,63-,64-,65-,66-,67-,68-,69-,72-/m0/s1. The summed E-state index contributed by atoms with van der Waals surface area (Å²) in [4.78, 5) is 242. The third-order valence-electron chi connectivity index (χ3n) is 21.8. The number of nitrogens with two attached hydrogens (primary N) is 3. The van der Waals surface area contributed by atoms with Crippen LogP contribution in [0.5, 0.6) is 5.75 Å². The maximum absolute atomic E-state index is 15.1. The fourth-order valence-corrected chi connectivity index (χ4v) is 15.4. The number of aliphatic hydroxyl groups is 1. The van der Waals surface area contributed by atoms with Crippen molar-refractivity contribution >= 4 is 116 Å². The summed E-state index contributed by atoms with van der Waals surface area (Å²) in [6.45, 7) is 13.2. The van der Waals surface area contributed by atoms with Gasteiger partial charge in [0, 0.05) is 84.9 Å². The van der Waals surface area contributed by atoms with Crippen LogP contribution in [0.2, 0.25) is 0 Å². The van der Waals surface area contributed by atoms with Gasteiger partial charge in [-0.05, 0) is 143 Å². The van der Waals surface area contributed by atoms with Gasteiger partial charge in [-0.1, -0.05) is 90.1 Å². The maximum atomic E-state index is 15.1. The zero-order valence-corrected chi connectivity index (χ0v) is 72.0. The van der Waals surface area contributed by atoms with Crippen LogP contribution in [0.1, 0.15) is 155 Å². The Morgan fingerprint density at radius 1 is 0.468 bits per heavy atom. The van der Waals surface area contributed by atoms with Crippen molar-refractivity contribution in [3.05, 3.63) is 120 Å². The van der Waals surface area contributed by atoms with Crippen LogP contribution < -0.4 is 75.7 Å². The fraction of sp³-hybridized carbons (Fsp3) is 0.523. The summed E-state index contributed by atoms with van der Waals surface area (Å²) in [6, 6.07) is -1.28. The molecular weight excluding hydrogens is 1630 g/mol. The number of aliphatic hydroxyl groups excluding tert-OH is 1. The number of nitrogens with zero attached hydrogens (tertiary/aromatic N) is 3. The van der Waals surface area contributed by atoms with Gasteiger partial charge in [-0.15, -0.1) is 0 Å². The Morgan fingerprint density at radius 3 is 1.37 bits per heavy atom. The van der Waals surface area contributed by atoms with Crippen LogP contribution in [-0.4, -0.2) is 255 Å². The third-order valence-corrected chi connectivity index (χ3v) is 21.8. The first-order valence-corrected chi connectivity index (χ1v) is 42.5. The number of hydrogen-bond donors (Lipinski definition) is 21. The van der Waals surface area contributed by atoms with Crippen LogP contribution in [-0.2, 0) is 102 Å². The zero-order chi connectivity index (χ0) is 92.3. The molecule has 0 radical (unpaired) electrons. The number of carboxylic acid groups (broad SMARTS) is 2. The molecule has 684 valence electrons. The van der Waals surface area contributed by atoms with E-state index >= 15 is 9.59 Å². The van der Waals surface area contributed by atoms with Crippen molar-refractivity contribution < 1.29 is 97.1 Å². The molecule has 2 aliphatic heterocycles. The van der Waals surface area contributed by atoms with E-state index < -0.39 is 198 Å². The number of unbranched alkanes of at least 4 members (excludes halogenated alkanes) is 1. The van der Waals surface area contributed by atoms with Crippen molar-refractivity contribution in [1.82, 2.24) is 88.2 Å². The number of carboxylic acids is 2. The highest BCUT2D eigenvalue weighted by Gasteiger charge is 2.45. The number of benzene rings is 3. The number of primary amides is 1. The molecule has 0 saturated carbocycles. The molecule has 3 aromatic heterocycles. The van der Waals surface area contributed by atoms with E-state index in [1.807, 2.05) is 26.0 Å². The summed E-state index contributed by atoms with van der Waals surface area (Å²) in [5.74, 6) is -17.0. The van der Waals surface area contributed by atoms with Gasteiger partial charge in [0.1, 0.15) is 84.3 Å². The largest absolute Gasteiger partial charge is 0.508 e. The second-order valence-electron chi connectivity index (χ2n) is 33.6. The van der Waals surface area contributed by atoms with Crippen LogP contribution in [0.25, 0.3) is 21.8 Å². The first-order valence-electron chi connectivity index (χ1n) is 42.5. The highest BCUT2D eigenvalue weighted by Crippen LogP contribution is 2.27. The van der Waals surface area contributed by atoms with Crippen LogP contribution in [0.4, 0.5) is 0 Å². The lowest BCUT2D eigenvalue weighted by Crippen LogP contribution is -2.62. The molecule has 8 rings (SSSR count). The highest BCUT2D eigenvalue weighted by molar-refractivity contribution is 6.02. The number of para-hydroxylation sites is 2. The lowest BCUT2D eigenvalue weighted by molar-refractivity contribution is -0.146. The molecule has 2 aliphatic rings. The Morgan fingerprint density at radius 2 is 0.897 bits per heavy atom. The summed E-state index contributed by atoms with van der Waals surface area (Å²) < 4.78 is 0. The molecule has 2 fully saturated rings. The van der Waals surface area contributed by atoms with E-state index in [-0.39, 0.29) is 120 Å². The minimum Gasteiger partial charge on any atom is -0.508 e. The molecule has 0 bridgehead atoms. The second-order valence-corrected chi connectivity index (χ2v) is 33.6. The number of carbonyl (C=O) groups is 16. The lowest BCUT2D eigenvalue weighted by atomic mass is 9.98. The van der Waals surface area contributed by atoms with Gasteiger partial charge in [-0.3, -0.25) is 71.9 Å². The minimum absolute atomic E-state index is 0.0302. The fourth-order valence-electron chi connectivity index (χ4n) is 15.4. The monoisotopic (exact) mass is 1750 g/mol. The zero-order valence-electron chi connectivity index (χ0n) is 72.0. The molecule has 40 nitrogen and oxygen atoms in total. The number of imidazole rings is 1. The number of phenols is 1. The minimum atomic E-state index is -1.95. The number of nitrogens with one attached hydrogen (secondary N) is 14. The number of rotatable bonds is 48. The van der Waals surface area contributed by atoms with Gasteiger partial charge < -0.3 is 121 Å². The number of phenolic OH excluding ortho intramolecular Hbond substituents is 1. The Kier molecular flexibility index (Phi) is 36.6. The molecule has 126 heavy (non-hydrogen) atoms. The predicted molar refractivity (Wildman–Crippen MR) is 459 cm³/mol. The quantitative estimate of drug-likeness (QED) is 0.0206. The third kappa shape index (κ3) is 28.6. The van der Waals surface area contributed by atoms with Crippen molar-refractivity contribution in [3.8, 4) is 5.75 Å². The Labute approximate surface area is 727 Å². The van der Waals surface area contributed by atoms with Crippen LogP contribution in [0.3, 0.4) is 0 Å². The molecule has 40 heteroatoms. The van der Waals surface area contributed by atoms with E-state index in [2.05, 4.69) is 78.4 Å². The Hall–Kier alpha value is -12.9.